The number of benzene rings is 1. The van der Waals surface area contributed by atoms with Crippen molar-refractivity contribution in [1.29, 1.82) is 0 Å². The van der Waals surface area contributed by atoms with Gasteiger partial charge in [-0.1, -0.05) is 19.0 Å². The molecule has 0 radical (unpaired) electrons. The number of carbonyl (C=O) groups is 1. The van der Waals surface area contributed by atoms with E-state index in [0.717, 1.165) is 5.56 Å². The molecule has 0 aliphatic heterocycles. The second-order valence-electron chi connectivity index (χ2n) is 4.94. The van der Waals surface area contributed by atoms with Crippen LogP contribution >= 0.6 is 0 Å². The topological polar surface area (TPSA) is 74.5 Å². The molecule has 21 heavy (non-hydrogen) atoms. The van der Waals surface area contributed by atoms with Gasteiger partial charge in [-0.05, 0) is 25.1 Å². The summed E-state index contributed by atoms with van der Waals surface area (Å²) in [5, 5.41) is 3.82. The number of methoxy groups -OCH3 is 1. The zero-order chi connectivity index (χ0) is 15.4. The smallest absolute Gasteiger partial charge is 0.417 e. The van der Waals surface area contributed by atoms with Gasteiger partial charge >= 0.3 is 6.08 Å². The Kier molecular flexibility index (Phi) is 4.57. The normalized spacial score (nSPS) is 10.7. The Hall–Kier alpha value is -2.37. The zero-order valence-electron chi connectivity index (χ0n) is 12.5. The number of hydrogen-bond donors (Lipinski definition) is 0. The number of aromatic nitrogens is 2. The predicted molar refractivity (Wildman–Crippen MR) is 75.7 cm³/mol. The summed E-state index contributed by atoms with van der Waals surface area (Å²) in [5.74, 6) is 1.39. The molecule has 112 valence electrons. The minimum atomic E-state index is -0.0150. The molecule has 0 saturated heterocycles. The van der Waals surface area contributed by atoms with Gasteiger partial charge in [0.05, 0.1) is 7.11 Å². The molecule has 1 aromatic heterocycles. The molecule has 0 bridgehead atoms. The van der Waals surface area contributed by atoms with Crippen molar-refractivity contribution in [2.75, 3.05) is 7.11 Å². The molecule has 6 nitrogen and oxygen atoms in total. The Labute approximate surface area is 123 Å². The number of carbonyl (C=O) groups excluding carboxylic acids is 1. The van der Waals surface area contributed by atoms with Crippen molar-refractivity contribution < 1.29 is 18.8 Å². The molecular formula is C15H18N2O4. The second kappa shape index (κ2) is 6.39. The first kappa shape index (κ1) is 15.0. The second-order valence-corrected chi connectivity index (χ2v) is 4.94. The Morgan fingerprint density at radius 3 is 2.71 bits per heavy atom. The lowest BCUT2D eigenvalue weighted by molar-refractivity contribution is 0.101. The van der Waals surface area contributed by atoms with E-state index in [1.165, 1.54) is 6.92 Å². The van der Waals surface area contributed by atoms with Gasteiger partial charge in [0.1, 0.15) is 12.4 Å². The molecule has 0 unspecified atom stereocenters. The standard InChI is InChI=1S/C15H18N2O4/c1-9(2)14-16-15(21-17-14)20-8-12-7-11(10(3)18)5-6-13(12)19-4/h5-7,9H,8H2,1-4H3. The first-order valence-corrected chi connectivity index (χ1v) is 6.65. The molecule has 0 saturated carbocycles. The van der Waals surface area contributed by atoms with E-state index in [1.54, 1.807) is 25.3 Å². The Morgan fingerprint density at radius 2 is 2.14 bits per heavy atom. The molecular weight excluding hydrogens is 272 g/mol. The summed E-state index contributed by atoms with van der Waals surface area (Å²) in [6.07, 6.45) is 0.106. The third kappa shape index (κ3) is 3.59. The van der Waals surface area contributed by atoms with Crippen LogP contribution in [0.15, 0.2) is 22.7 Å². The molecule has 0 atom stereocenters. The van der Waals surface area contributed by atoms with E-state index in [9.17, 15) is 4.79 Å². The molecule has 1 aromatic carbocycles. The average molecular weight is 290 g/mol. The zero-order valence-corrected chi connectivity index (χ0v) is 12.5. The third-order valence-corrected chi connectivity index (χ3v) is 2.98. The summed E-state index contributed by atoms with van der Waals surface area (Å²) >= 11 is 0. The van der Waals surface area contributed by atoms with E-state index in [2.05, 4.69) is 10.1 Å². The third-order valence-electron chi connectivity index (χ3n) is 2.98. The SMILES string of the molecule is COc1ccc(C(C)=O)cc1COc1nc(C(C)C)no1. The van der Waals surface area contributed by atoms with Crippen LogP contribution in [0, 0.1) is 0 Å². The van der Waals surface area contributed by atoms with Crippen molar-refractivity contribution in [2.24, 2.45) is 0 Å². The molecule has 0 fully saturated rings. The van der Waals surface area contributed by atoms with Crippen molar-refractivity contribution in [1.82, 2.24) is 10.1 Å². The van der Waals surface area contributed by atoms with E-state index in [4.69, 9.17) is 14.0 Å². The molecule has 0 amide bonds. The van der Waals surface area contributed by atoms with Gasteiger partial charge in [-0.2, -0.15) is 4.98 Å². The number of nitrogens with zero attached hydrogens (tertiary/aromatic N) is 2. The Morgan fingerprint density at radius 1 is 1.38 bits per heavy atom. The molecule has 1 heterocycles. The van der Waals surface area contributed by atoms with Gasteiger partial charge < -0.3 is 9.47 Å². The molecule has 0 aliphatic carbocycles. The van der Waals surface area contributed by atoms with Crippen LogP contribution in [-0.4, -0.2) is 23.0 Å². The van der Waals surface area contributed by atoms with Crippen molar-refractivity contribution in [3.8, 4) is 11.8 Å². The van der Waals surface area contributed by atoms with Crippen LogP contribution in [0.25, 0.3) is 0 Å². The van der Waals surface area contributed by atoms with E-state index < -0.39 is 0 Å². The van der Waals surface area contributed by atoms with Gasteiger partial charge in [-0.3, -0.25) is 9.32 Å². The van der Waals surface area contributed by atoms with Gasteiger partial charge in [0, 0.05) is 17.0 Å². The predicted octanol–water partition coefficient (Wildman–Crippen LogP) is 2.98. The highest BCUT2D eigenvalue weighted by atomic mass is 16.6. The molecule has 0 aliphatic rings. The van der Waals surface area contributed by atoms with Crippen LogP contribution in [0.2, 0.25) is 0 Å². The summed E-state index contributed by atoms with van der Waals surface area (Å²) in [7, 11) is 1.57. The van der Waals surface area contributed by atoms with Crippen LogP contribution in [-0.2, 0) is 6.61 Å². The summed E-state index contributed by atoms with van der Waals surface area (Å²) in [6.45, 7) is 5.63. The molecule has 0 spiro atoms. The number of Topliss-reactive ketones (excluding diaryl/α,β-unsaturated/α-hetero) is 1. The number of ketones is 1. The molecule has 2 rings (SSSR count). The van der Waals surface area contributed by atoms with Crippen molar-refractivity contribution in [3.63, 3.8) is 0 Å². The van der Waals surface area contributed by atoms with Crippen LogP contribution in [0.4, 0.5) is 0 Å². The number of hydrogen-bond acceptors (Lipinski definition) is 6. The van der Waals surface area contributed by atoms with Crippen molar-refractivity contribution in [2.45, 2.75) is 33.3 Å². The maximum atomic E-state index is 11.4. The van der Waals surface area contributed by atoms with Gasteiger partial charge in [0.2, 0.25) is 0 Å². The van der Waals surface area contributed by atoms with E-state index in [0.29, 0.717) is 17.1 Å². The fourth-order valence-electron chi connectivity index (χ4n) is 1.76. The summed E-state index contributed by atoms with van der Waals surface area (Å²) in [5.41, 5.74) is 1.34. The molecule has 6 heteroatoms. The fraction of sp³-hybridized carbons (Fsp3) is 0.400. The Balaban J connectivity index is 2.14. The first-order chi connectivity index (χ1) is 10.0. The maximum absolute atomic E-state index is 11.4. The highest BCUT2D eigenvalue weighted by Gasteiger charge is 2.13. The van der Waals surface area contributed by atoms with Crippen LogP contribution < -0.4 is 9.47 Å². The summed E-state index contributed by atoms with van der Waals surface area (Å²) in [4.78, 5) is 15.6. The van der Waals surface area contributed by atoms with Crippen molar-refractivity contribution >= 4 is 5.78 Å². The minimum absolute atomic E-state index is 0.0150. The number of rotatable bonds is 6. The lowest BCUT2D eigenvalue weighted by Gasteiger charge is -2.09. The summed E-state index contributed by atoms with van der Waals surface area (Å²) < 4.78 is 15.7. The monoisotopic (exact) mass is 290 g/mol. The highest BCUT2D eigenvalue weighted by molar-refractivity contribution is 5.94. The van der Waals surface area contributed by atoms with Crippen LogP contribution in [0.3, 0.4) is 0 Å². The van der Waals surface area contributed by atoms with Crippen LogP contribution in [0.5, 0.6) is 11.8 Å². The first-order valence-electron chi connectivity index (χ1n) is 6.65. The van der Waals surface area contributed by atoms with Gasteiger partial charge in [0.15, 0.2) is 11.6 Å². The van der Waals surface area contributed by atoms with E-state index in [1.807, 2.05) is 13.8 Å². The lowest BCUT2D eigenvalue weighted by Crippen LogP contribution is -2.02. The molecule has 0 N–H and O–H groups in total. The molecule has 2 aromatic rings. The van der Waals surface area contributed by atoms with E-state index in [-0.39, 0.29) is 24.4 Å². The van der Waals surface area contributed by atoms with Gasteiger partial charge in [-0.15, -0.1) is 0 Å². The minimum Gasteiger partial charge on any atom is -0.496 e. The number of ether oxygens (including phenoxy) is 2. The highest BCUT2D eigenvalue weighted by Crippen LogP contribution is 2.22. The lowest BCUT2D eigenvalue weighted by atomic mass is 10.1. The fourth-order valence-corrected chi connectivity index (χ4v) is 1.76. The van der Waals surface area contributed by atoms with Crippen LogP contribution in [0.1, 0.15) is 48.4 Å². The Bertz CT molecular complexity index is 634. The maximum Gasteiger partial charge on any atom is 0.417 e. The van der Waals surface area contributed by atoms with Gasteiger partial charge in [-0.25, -0.2) is 0 Å². The quantitative estimate of drug-likeness (QED) is 0.761. The summed E-state index contributed by atoms with van der Waals surface area (Å²) in [6, 6.07) is 5.19. The van der Waals surface area contributed by atoms with Crippen molar-refractivity contribution in [3.05, 3.63) is 35.2 Å². The average Bonchev–Trinajstić information content (AvgIpc) is 2.93. The van der Waals surface area contributed by atoms with Gasteiger partial charge in [0.25, 0.3) is 0 Å². The van der Waals surface area contributed by atoms with E-state index >= 15 is 0 Å². The largest absolute Gasteiger partial charge is 0.496 e.